The molecule has 1 fully saturated rings. The number of hydrogen-bond acceptors (Lipinski definition) is 13. The van der Waals surface area contributed by atoms with Gasteiger partial charge in [0.15, 0.2) is 5.60 Å². The normalized spacial score (nSPS) is 17.2. The molecule has 3 aliphatic heterocycles. The van der Waals surface area contributed by atoms with Crippen LogP contribution in [0.25, 0.3) is 22.3 Å². The van der Waals surface area contributed by atoms with Crippen LogP contribution in [0.4, 0.5) is 10.1 Å². The third-order valence-electron chi connectivity index (χ3n) is 14.7. The fraction of sp³-hybridized carbons (Fsp3) is 0.500. The third kappa shape index (κ3) is 13.6. The minimum atomic E-state index is -2.06. The minimum absolute atomic E-state index is 0.00154. The van der Waals surface area contributed by atoms with Crippen LogP contribution in [0.2, 0.25) is 0 Å². The molecule has 3 aliphatic rings. The van der Waals surface area contributed by atoms with Crippen LogP contribution in [0, 0.1) is 17.7 Å². The van der Waals surface area contributed by atoms with Crippen LogP contribution in [0.15, 0.2) is 53.3 Å². The van der Waals surface area contributed by atoms with E-state index < -0.39 is 84.8 Å². The van der Waals surface area contributed by atoms with E-state index in [2.05, 4.69) is 38.5 Å². The van der Waals surface area contributed by atoms with Gasteiger partial charge in [0.1, 0.15) is 18.5 Å². The van der Waals surface area contributed by atoms with Crippen molar-refractivity contribution < 1.29 is 57.7 Å². The number of aliphatic hydroxyl groups is 2. The fourth-order valence-electron chi connectivity index (χ4n) is 10.3. The van der Waals surface area contributed by atoms with E-state index in [1.807, 2.05) is 13.8 Å². The summed E-state index contributed by atoms with van der Waals surface area (Å²) >= 11 is 0. The quantitative estimate of drug-likeness (QED) is 0.0222. The van der Waals surface area contributed by atoms with Gasteiger partial charge in [-0.05, 0) is 61.3 Å². The number of benzene rings is 2. The zero-order valence-corrected chi connectivity index (χ0v) is 43.9. The number of aromatic nitrogens is 2. The maximum atomic E-state index is 15.8. The summed E-state index contributed by atoms with van der Waals surface area (Å²) < 4.78 is 22.5. The number of unbranched alkanes of at least 4 members (excludes halogenated alkanes) is 6. The Morgan fingerprint density at radius 2 is 1.56 bits per heavy atom. The topological polar surface area (TPSA) is 285 Å². The lowest BCUT2D eigenvalue weighted by Crippen LogP contribution is -2.52. The first kappa shape index (κ1) is 57.3. The Kier molecular flexibility index (Phi) is 19.4. The van der Waals surface area contributed by atoms with Gasteiger partial charge < -0.3 is 46.1 Å². The molecule has 21 heteroatoms. The number of aliphatic hydroxyl groups excluding tert-OH is 1. The zero-order chi connectivity index (χ0) is 55.4. The summed E-state index contributed by atoms with van der Waals surface area (Å²) in [6.45, 7) is 3.90. The average Bonchev–Trinajstić information content (AvgIpc) is 3.95. The van der Waals surface area contributed by atoms with E-state index in [4.69, 9.17) is 4.74 Å². The second kappa shape index (κ2) is 26.1. The minimum Gasteiger partial charge on any atom is -0.458 e. The number of esters is 1. The number of likely N-dealkylation sites (tertiary alicyclic amines) is 1. The molecule has 0 bridgehead atoms. The largest absolute Gasteiger partial charge is 0.458 e. The molecule has 0 spiro atoms. The Balaban J connectivity index is 0.907. The van der Waals surface area contributed by atoms with Crippen molar-refractivity contribution in [2.75, 3.05) is 31.5 Å². The highest BCUT2D eigenvalue weighted by molar-refractivity contribution is 6.04. The molecule has 0 aliphatic carbocycles. The molecule has 412 valence electrons. The SMILES string of the molecule is CCCCCC[C@@]1(O)C(=O)OCc2c1cc1n(c2=O)Cc2c-1nc1cc(F)c(NC(=O)CNC(=O)[C@H](Cc3ccccc3)NC(=O)CNC(=O)CNC(=O)CCCCCN3C(=O)CC(C(C)CCCC)C3=O)cc1c2CO. The molecule has 7 amide bonds. The molecule has 4 atom stereocenters. The van der Waals surface area contributed by atoms with Crippen molar-refractivity contribution in [2.45, 2.75) is 142 Å². The highest BCUT2D eigenvalue weighted by Gasteiger charge is 2.46. The lowest BCUT2D eigenvalue weighted by atomic mass is 9.83. The molecule has 7 N–H and O–H groups in total. The monoisotopic (exact) mass is 1060 g/mol. The lowest BCUT2D eigenvalue weighted by Gasteiger charge is -2.32. The van der Waals surface area contributed by atoms with Crippen LogP contribution in [0.3, 0.4) is 0 Å². The maximum Gasteiger partial charge on any atom is 0.343 e. The molecule has 5 heterocycles. The van der Waals surface area contributed by atoms with E-state index >= 15 is 4.39 Å². The number of carbonyl (C=O) groups excluding carboxylic acids is 8. The number of halogens is 1. The molecule has 0 radical (unpaired) electrons. The first-order valence-electron chi connectivity index (χ1n) is 26.7. The number of anilines is 1. The number of nitrogens with one attached hydrogen (secondary N) is 5. The number of amides is 7. The molecule has 77 heavy (non-hydrogen) atoms. The van der Waals surface area contributed by atoms with Crippen molar-refractivity contribution in [3.8, 4) is 11.4 Å². The van der Waals surface area contributed by atoms with Crippen LogP contribution >= 0.6 is 0 Å². The van der Waals surface area contributed by atoms with Gasteiger partial charge in [0.25, 0.3) is 5.56 Å². The first-order chi connectivity index (χ1) is 37.0. The molecular formula is C56H69FN8O12. The van der Waals surface area contributed by atoms with Gasteiger partial charge in [-0.25, -0.2) is 14.2 Å². The molecule has 20 nitrogen and oxygen atoms in total. The number of imide groups is 1. The van der Waals surface area contributed by atoms with Crippen LogP contribution < -0.4 is 32.1 Å². The Labute approximate surface area is 445 Å². The van der Waals surface area contributed by atoms with Gasteiger partial charge in [-0.3, -0.25) is 43.3 Å². The average molecular weight is 1070 g/mol. The van der Waals surface area contributed by atoms with Crippen LogP contribution in [0.5, 0.6) is 0 Å². The van der Waals surface area contributed by atoms with E-state index in [0.717, 1.165) is 44.6 Å². The summed E-state index contributed by atoms with van der Waals surface area (Å²) in [7, 11) is 0. The van der Waals surface area contributed by atoms with E-state index in [-0.39, 0.29) is 102 Å². The second-order valence-corrected chi connectivity index (χ2v) is 20.2. The van der Waals surface area contributed by atoms with Crippen molar-refractivity contribution in [1.29, 1.82) is 0 Å². The number of fused-ring (bicyclic) bond motifs is 5. The standard InChI is InChI=1S/C56H69FN8O12/c1-4-6-8-14-20-56(76)40-25-45-51-37(30-65(45)54(74)39(40)32-77-55(56)75)38(31-66)36-23-43(41(57)26-42(36)63-51)61-49(70)29-60-52(72)44(22-34-17-11-9-12-18-34)62-48(69)28-59-47(68)27-58-46(67)19-13-10-15-21-64-50(71)24-35(53(64)73)33(3)16-7-5-2/h9,11-12,17-18,23,25-26,33,35,44,66,76H,4-8,10,13-16,19-22,24,27-32H2,1-3H3,(H,58,67)(H,59,68)(H,60,72)(H,61,70)(H,62,69)/t33?,35?,44-,56-/m0/s1. The molecule has 2 aromatic heterocycles. The Hall–Kier alpha value is -7.39. The lowest BCUT2D eigenvalue weighted by molar-refractivity contribution is -0.173. The van der Waals surface area contributed by atoms with E-state index in [1.165, 1.54) is 15.5 Å². The highest BCUT2D eigenvalue weighted by Crippen LogP contribution is 2.42. The van der Waals surface area contributed by atoms with Crippen LogP contribution in [-0.2, 0) is 74.9 Å². The van der Waals surface area contributed by atoms with Crippen molar-refractivity contribution in [2.24, 2.45) is 11.8 Å². The van der Waals surface area contributed by atoms with Gasteiger partial charge >= 0.3 is 5.97 Å². The van der Waals surface area contributed by atoms with Gasteiger partial charge in [0.2, 0.25) is 41.4 Å². The molecule has 2 aromatic carbocycles. The van der Waals surface area contributed by atoms with Crippen LogP contribution in [-0.4, -0.2) is 104 Å². The smallest absolute Gasteiger partial charge is 0.343 e. The predicted molar refractivity (Wildman–Crippen MR) is 281 cm³/mol. The van der Waals surface area contributed by atoms with Gasteiger partial charge in [-0.1, -0.05) is 89.6 Å². The Morgan fingerprint density at radius 1 is 0.844 bits per heavy atom. The number of hydrogen-bond donors (Lipinski definition) is 7. The molecule has 1 saturated heterocycles. The maximum absolute atomic E-state index is 15.8. The third-order valence-corrected chi connectivity index (χ3v) is 14.7. The number of nitrogens with zero attached hydrogens (tertiary/aromatic N) is 3. The fourth-order valence-corrected chi connectivity index (χ4v) is 10.3. The van der Waals surface area contributed by atoms with Crippen LogP contribution in [0.1, 0.15) is 132 Å². The second-order valence-electron chi connectivity index (χ2n) is 20.2. The predicted octanol–water partition coefficient (Wildman–Crippen LogP) is 4.05. The Bertz CT molecular complexity index is 2970. The summed E-state index contributed by atoms with van der Waals surface area (Å²) in [5, 5.41) is 35.1. The van der Waals surface area contributed by atoms with Gasteiger partial charge in [-0.2, -0.15) is 0 Å². The summed E-state index contributed by atoms with van der Waals surface area (Å²) in [6.07, 6.45) is 8.04. The summed E-state index contributed by atoms with van der Waals surface area (Å²) in [5.74, 6) is -5.57. The summed E-state index contributed by atoms with van der Waals surface area (Å²) in [4.78, 5) is 123. The Morgan fingerprint density at radius 3 is 2.30 bits per heavy atom. The number of rotatable bonds is 27. The molecular weight excluding hydrogens is 996 g/mol. The van der Waals surface area contributed by atoms with E-state index in [0.29, 0.717) is 48.9 Å². The van der Waals surface area contributed by atoms with Crippen molar-refractivity contribution in [1.82, 2.24) is 35.7 Å². The molecule has 0 saturated carbocycles. The van der Waals surface area contributed by atoms with Gasteiger partial charge in [0.05, 0.1) is 60.9 Å². The molecule has 7 rings (SSSR count). The number of ether oxygens (including phenoxy) is 1. The van der Waals surface area contributed by atoms with Gasteiger partial charge in [0, 0.05) is 54.3 Å². The summed E-state index contributed by atoms with van der Waals surface area (Å²) in [5.41, 5.74) is -0.575. The number of carbonyl (C=O) groups is 8. The van der Waals surface area contributed by atoms with Crippen molar-refractivity contribution in [3.05, 3.63) is 92.5 Å². The molecule has 2 unspecified atom stereocenters. The first-order valence-corrected chi connectivity index (χ1v) is 26.7. The van der Waals surface area contributed by atoms with Gasteiger partial charge in [-0.15, -0.1) is 0 Å². The highest BCUT2D eigenvalue weighted by atomic mass is 19.1. The number of pyridine rings is 2. The van der Waals surface area contributed by atoms with Crippen molar-refractivity contribution in [3.63, 3.8) is 0 Å². The molecule has 4 aromatic rings. The van der Waals surface area contributed by atoms with Crippen molar-refractivity contribution >= 4 is 63.9 Å². The van der Waals surface area contributed by atoms with E-state index in [9.17, 15) is 53.4 Å². The summed E-state index contributed by atoms with van der Waals surface area (Å²) in [6, 6.07) is 11.4. The number of cyclic esters (lactones) is 1. The van der Waals surface area contributed by atoms with E-state index in [1.54, 1.807) is 36.4 Å². The zero-order valence-electron chi connectivity index (χ0n) is 43.9.